The Balaban J connectivity index is 1.24. The number of aromatic nitrogens is 3. The number of phenols is 1. The molecule has 1 aliphatic carbocycles. The van der Waals surface area contributed by atoms with E-state index in [-0.39, 0.29) is 93.2 Å². The smallest absolute Gasteiger partial charge is 0.319 e. The third-order valence-electron chi connectivity index (χ3n) is 13.1. The number of nitrogens with zero attached hydrogens (tertiary/aromatic N) is 6. The minimum atomic E-state index is -1.26. The fourth-order valence-corrected chi connectivity index (χ4v) is 10.2. The molecule has 302 valence electrons. The van der Waals surface area contributed by atoms with Gasteiger partial charge in [0.2, 0.25) is 11.8 Å². The van der Waals surface area contributed by atoms with E-state index in [1.54, 1.807) is 18.7 Å². The second-order valence-electron chi connectivity index (χ2n) is 16.7. The number of terminal acetylenes is 1. The molecule has 2 N–H and O–H groups in total. The van der Waals surface area contributed by atoms with E-state index in [9.17, 15) is 15.0 Å². The number of β-amino-alcohol motifs (C(OH)–C–C–N with tert-alkyl or cyclic N) is 1. The molecule has 2 aromatic heterocycles. The first kappa shape index (κ1) is 39.0. The quantitative estimate of drug-likeness (QED) is 0.220. The number of likely N-dealkylation sites (tertiary alicyclic amines) is 2. The number of piperidine rings is 2. The van der Waals surface area contributed by atoms with E-state index < -0.39 is 17.2 Å². The molecule has 57 heavy (non-hydrogen) atoms. The third kappa shape index (κ3) is 6.77. The molecule has 0 spiro atoms. The van der Waals surface area contributed by atoms with Crippen LogP contribution in [0.4, 0.5) is 14.6 Å². The van der Waals surface area contributed by atoms with Crippen molar-refractivity contribution in [3.8, 4) is 41.2 Å². The van der Waals surface area contributed by atoms with Gasteiger partial charge in [-0.15, -0.1) is 6.42 Å². The highest BCUT2D eigenvalue weighted by molar-refractivity contribution is 6.04. The van der Waals surface area contributed by atoms with Crippen LogP contribution in [0.1, 0.15) is 71.3 Å². The number of aromatic hydroxyl groups is 1. The Morgan fingerprint density at radius 1 is 1.05 bits per heavy atom. The number of benzene rings is 2. The molecule has 2 aromatic carbocycles. The molecule has 3 aliphatic heterocycles. The average Bonchev–Trinajstić information content (AvgIpc) is 3.43. The van der Waals surface area contributed by atoms with Gasteiger partial charge in [0.05, 0.1) is 39.0 Å². The molecule has 8 rings (SSSR count). The van der Waals surface area contributed by atoms with Gasteiger partial charge in [-0.25, -0.2) is 13.8 Å². The number of rotatable bonds is 7. The number of methoxy groups -OCH3 is 1. The highest BCUT2D eigenvalue weighted by atomic mass is 19.1. The molecule has 3 saturated heterocycles. The third-order valence-corrected chi connectivity index (χ3v) is 13.1. The van der Waals surface area contributed by atoms with Gasteiger partial charge in [0, 0.05) is 54.5 Å². The van der Waals surface area contributed by atoms with Crippen molar-refractivity contribution in [2.75, 3.05) is 64.6 Å². The van der Waals surface area contributed by atoms with Gasteiger partial charge >= 0.3 is 6.01 Å². The van der Waals surface area contributed by atoms with Crippen molar-refractivity contribution in [1.29, 1.82) is 0 Å². The Morgan fingerprint density at radius 2 is 1.82 bits per heavy atom. The Bertz CT molecular complexity index is 2280. The van der Waals surface area contributed by atoms with Crippen molar-refractivity contribution in [2.24, 2.45) is 5.41 Å². The van der Waals surface area contributed by atoms with Crippen LogP contribution < -0.4 is 14.4 Å². The minimum absolute atomic E-state index is 0.0244. The van der Waals surface area contributed by atoms with Crippen LogP contribution in [0.15, 0.2) is 24.3 Å². The van der Waals surface area contributed by atoms with Gasteiger partial charge in [0.15, 0.2) is 5.82 Å². The Morgan fingerprint density at radius 3 is 2.56 bits per heavy atom. The van der Waals surface area contributed by atoms with E-state index in [0.29, 0.717) is 24.6 Å². The highest BCUT2D eigenvalue weighted by Gasteiger charge is 2.58. The molecule has 0 bridgehead atoms. The molecule has 12 nitrogen and oxygen atoms in total. The molecule has 4 aromatic rings. The fraction of sp³-hybridized carbons (Fsp3) is 0.535. The van der Waals surface area contributed by atoms with E-state index in [4.69, 9.17) is 30.6 Å². The molecule has 5 heterocycles. The van der Waals surface area contributed by atoms with Crippen molar-refractivity contribution in [3.63, 3.8) is 0 Å². The van der Waals surface area contributed by atoms with E-state index in [1.165, 1.54) is 31.4 Å². The van der Waals surface area contributed by atoms with E-state index in [1.807, 2.05) is 4.90 Å². The molecular formula is C43H50F2N6O6. The topological polar surface area (TPSA) is 134 Å². The monoisotopic (exact) mass is 784 g/mol. The summed E-state index contributed by atoms with van der Waals surface area (Å²) >= 11 is 0. The number of anilines is 1. The number of aliphatic hydroxyl groups is 1. The zero-order chi connectivity index (χ0) is 40.3. The average molecular weight is 785 g/mol. The van der Waals surface area contributed by atoms with Crippen molar-refractivity contribution >= 4 is 33.4 Å². The summed E-state index contributed by atoms with van der Waals surface area (Å²) in [6.45, 7) is 9.21. The van der Waals surface area contributed by atoms with E-state index in [2.05, 4.69) is 22.7 Å². The lowest BCUT2D eigenvalue weighted by atomic mass is 9.66. The number of pyridine rings is 1. The van der Waals surface area contributed by atoms with Gasteiger partial charge in [-0.1, -0.05) is 18.4 Å². The summed E-state index contributed by atoms with van der Waals surface area (Å²) in [5, 5.41) is 22.7. The number of fused-ring (bicyclic) bond motifs is 3. The Hall–Kier alpha value is -4.84. The zero-order valence-corrected chi connectivity index (χ0v) is 33.0. The Labute approximate surface area is 331 Å². The maximum atomic E-state index is 17.4. The molecule has 14 heteroatoms. The van der Waals surface area contributed by atoms with Gasteiger partial charge in [0.25, 0.3) is 0 Å². The van der Waals surface area contributed by atoms with Crippen LogP contribution in [0.5, 0.6) is 17.6 Å². The first-order chi connectivity index (χ1) is 27.3. The van der Waals surface area contributed by atoms with E-state index >= 15 is 8.78 Å². The van der Waals surface area contributed by atoms with Gasteiger partial charge in [-0.05, 0) is 82.5 Å². The molecule has 4 fully saturated rings. The van der Waals surface area contributed by atoms with Gasteiger partial charge in [-0.2, -0.15) is 9.97 Å². The molecular weight excluding hydrogens is 735 g/mol. The predicted molar refractivity (Wildman–Crippen MR) is 211 cm³/mol. The largest absolute Gasteiger partial charge is 0.508 e. The highest BCUT2D eigenvalue weighted by Crippen LogP contribution is 2.56. The van der Waals surface area contributed by atoms with E-state index in [0.717, 1.165) is 64.6 Å². The summed E-state index contributed by atoms with van der Waals surface area (Å²) < 4.78 is 50.7. The number of carbonyl (C=O) groups is 1. The molecule has 0 unspecified atom stereocenters. The fourth-order valence-electron chi connectivity index (χ4n) is 10.2. The van der Waals surface area contributed by atoms with Gasteiger partial charge in [-0.3, -0.25) is 9.69 Å². The maximum absolute atomic E-state index is 17.4. The number of phenolic OH excluding ortho intramolecular Hbond substituents is 1. The van der Waals surface area contributed by atoms with Crippen LogP contribution in [0, 0.1) is 29.4 Å². The second-order valence-corrected chi connectivity index (χ2v) is 16.7. The minimum Gasteiger partial charge on any atom is -0.508 e. The molecule has 1 amide bonds. The van der Waals surface area contributed by atoms with Crippen LogP contribution in [-0.2, 0) is 9.53 Å². The van der Waals surface area contributed by atoms with Crippen LogP contribution in [0.2, 0.25) is 0 Å². The number of hydrogen-bond donors (Lipinski definition) is 2. The van der Waals surface area contributed by atoms with Crippen molar-refractivity contribution < 1.29 is 38.0 Å². The summed E-state index contributed by atoms with van der Waals surface area (Å²) in [4.78, 5) is 32.7. The molecule has 3 atom stereocenters. The zero-order valence-electron chi connectivity index (χ0n) is 33.0. The maximum Gasteiger partial charge on any atom is 0.319 e. The summed E-state index contributed by atoms with van der Waals surface area (Å²) in [6, 6.07) is 5.68. The lowest BCUT2D eigenvalue weighted by molar-refractivity contribution is -0.132. The lowest BCUT2D eigenvalue weighted by Gasteiger charge is -2.57. The normalized spacial score (nSPS) is 26.0. The summed E-state index contributed by atoms with van der Waals surface area (Å²) in [5.74, 6) is 0.974. The SMILES string of the molecule is C#Cc1c(F)ccc2cc(O)cc(-c3nc(OC)c4c(N5CCOC[C@@](C)(O)C5)nc(OC[C@@]56CCCN(C7CCN(C(C)=O)CC7)[C@]5(C)CCC6)nc4c3F)c12. The van der Waals surface area contributed by atoms with Crippen molar-refractivity contribution in [3.05, 3.63) is 41.5 Å². The standard InChI is InChI=1S/C43H50F2N6O6/c1-6-30-32(44)10-9-27-21-29(53)22-31(33(27)30)36-35(45)37-34(39(46-36)55-5)38(50-19-20-56-24-41(3,54)23-50)48-40(47-37)57-25-43-14-7-13-42(43,4)51(16-8-15-43)28-11-17-49(18-12-28)26(2)52/h1,9-10,21-22,28,53-54H,7-8,11-20,23-25H2,2-5H3/t41-,42+,43+/m0/s1. The number of amides is 1. The first-order valence-electron chi connectivity index (χ1n) is 19.9. The number of ether oxygens (including phenoxy) is 3. The number of halogens is 2. The van der Waals surface area contributed by atoms with Gasteiger partial charge < -0.3 is 34.2 Å². The summed E-state index contributed by atoms with van der Waals surface area (Å²) in [6.07, 6.45) is 12.6. The summed E-state index contributed by atoms with van der Waals surface area (Å²) in [7, 11) is 1.39. The van der Waals surface area contributed by atoms with Crippen LogP contribution in [-0.4, -0.2) is 118 Å². The van der Waals surface area contributed by atoms with Gasteiger partial charge in [0.1, 0.15) is 39.6 Å². The van der Waals surface area contributed by atoms with Crippen LogP contribution in [0.3, 0.4) is 0 Å². The van der Waals surface area contributed by atoms with Crippen molar-refractivity contribution in [2.45, 2.75) is 82.9 Å². The molecule has 4 aliphatic rings. The van der Waals surface area contributed by atoms with Crippen molar-refractivity contribution in [1.82, 2.24) is 24.8 Å². The molecule has 1 saturated carbocycles. The summed E-state index contributed by atoms with van der Waals surface area (Å²) in [5.41, 5.74) is -2.12. The number of carbonyl (C=O) groups excluding carboxylic acids is 1. The lowest BCUT2D eigenvalue weighted by Crippen LogP contribution is -2.64. The van der Waals surface area contributed by atoms with Crippen LogP contribution in [0.25, 0.3) is 32.9 Å². The number of hydrogen-bond acceptors (Lipinski definition) is 11. The second kappa shape index (κ2) is 14.8. The predicted octanol–water partition coefficient (Wildman–Crippen LogP) is 5.82. The molecule has 0 radical (unpaired) electrons. The van der Waals surface area contributed by atoms with Crippen LogP contribution >= 0.6 is 0 Å². The first-order valence-corrected chi connectivity index (χ1v) is 19.9. The Kier molecular flexibility index (Phi) is 10.1.